The molecule has 2 aromatic rings. The fraction of sp³-hybridized carbons (Fsp3) is 0.273. The molecule has 0 spiro atoms. The van der Waals surface area contributed by atoms with Crippen molar-refractivity contribution in [3.05, 3.63) is 59.7 Å². The van der Waals surface area contributed by atoms with Crippen molar-refractivity contribution in [3.8, 4) is 5.75 Å². The molecule has 0 radical (unpaired) electrons. The van der Waals surface area contributed by atoms with Crippen LogP contribution in [0.5, 0.6) is 5.75 Å². The zero-order valence-electron chi connectivity index (χ0n) is 16.9. The van der Waals surface area contributed by atoms with Crippen LogP contribution in [0.1, 0.15) is 31.9 Å². The minimum atomic E-state index is -0.0471. The fourth-order valence-corrected chi connectivity index (χ4v) is 3.48. The van der Waals surface area contributed by atoms with E-state index in [9.17, 15) is 0 Å². The molecular formula is C22H26N4OS. The highest BCUT2D eigenvalue weighted by atomic mass is 32.1. The summed E-state index contributed by atoms with van der Waals surface area (Å²) in [6.07, 6.45) is 4.00. The van der Waals surface area contributed by atoms with Gasteiger partial charge in [-0.05, 0) is 56.8 Å². The Hall–Kier alpha value is -2.86. The third kappa shape index (κ3) is 4.17. The summed E-state index contributed by atoms with van der Waals surface area (Å²) in [5, 5.41) is 7.79. The third-order valence-corrected chi connectivity index (χ3v) is 5.16. The summed E-state index contributed by atoms with van der Waals surface area (Å²) in [6.45, 7) is 6.54. The number of hydrogen-bond donors (Lipinski definition) is 2. The number of rotatable bonds is 4. The summed E-state index contributed by atoms with van der Waals surface area (Å²) in [5.41, 5.74) is 8.16. The molecule has 0 fully saturated rings. The maximum absolute atomic E-state index is 5.60. The highest BCUT2D eigenvalue weighted by Gasteiger charge is 2.29. The minimum absolute atomic E-state index is 0.0471. The number of para-hydroxylation sites is 1. The van der Waals surface area contributed by atoms with Crippen molar-refractivity contribution in [3.63, 3.8) is 0 Å². The van der Waals surface area contributed by atoms with E-state index in [2.05, 4.69) is 66.8 Å². The Kier molecular flexibility index (Phi) is 5.70. The number of anilines is 2. The van der Waals surface area contributed by atoms with Gasteiger partial charge in [0.05, 0.1) is 18.9 Å². The lowest BCUT2D eigenvalue weighted by atomic mass is 9.88. The molecule has 0 saturated carbocycles. The van der Waals surface area contributed by atoms with E-state index >= 15 is 0 Å². The summed E-state index contributed by atoms with van der Waals surface area (Å²) in [6, 6.07) is 13.9. The second-order valence-corrected chi connectivity index (χ2v) is 7.75. The Balaban J connectivity index is 1.80. The highest BCUT2D eigenvalue weighted by Crippen LogP contribution is 2.40. The van der Waals surface area contributed by atoms with Crippen LogP contribution in [0.3, 0.4) is 0 Å². The van der Waals surface area contributed by atoms with E-state index < -0.39 is 0 Å². The third-order valence-electron chi connectivity index (χ3n) is 4.97. The van der Waals surface area contributed by atoms with Crippen LogP contribution in [0.15, 0.2) is 53.6 Å². The summed E-state index contributed by atoms with van der Waals surface area (Å²) >= 11 is 5.29. The smallest absolute Gasteiger partial charge is 0.191 e. The van der Waals surface area contributed by atoms with E-state index in [1.165, 1.54) is 11.1 Å². The predicted molar refractivity (Wildman–Crippen MR) is 123 cm³/mol. The zero-order chi connectivity index (χ0) is 20.3. The second-order valence-electron chi connectivity index (χ2n) is 7.34. The molecule has 5 nitrogen and oxygen atoms in total. The number of methoxy groups -OCH3 is 1. The van der Waals surface area contributed by atoms with Crippen LogP contribution in [-0.4, -0.2) is 31.0 Å². The molecule has 1 aliphatic heterocycles. The van der Waals surface area contributed by atoms with Gasteiger partial charge < -0.3 is 15.0 Å². The second kappa shape index (κ2) is 8.02. The van der Waals surface area contributed by atoms with Gasteiger partial charge in [-0.25, -0.2) is 0 Å². The number of likely N-dealkylation sites (N-methyl/N-ethyl adjacent to an activating group) is 1. The Morgan fingerprint density at radius 1 is 1.21 bits per heavy atom. The molecule has 0 atom stereocenters. The van der Waals surface area contributed by atoms with E-state index in [1.807, 2.05) is 30.3 Å². The molecule has 0 bridgehead atoms. The van der Waals surface area contributed by atoms with Crippen molar-refractivity contribution >= 4 is 40.5 Å². The van der Waals surface area contributed by atoms with Crippen LogP contribution < -0.4 is 20.4 Å². The summed E-state index contributed by atoms with van der Waals surface area (Å²) in [4.78, 5) is 2.26. The van der Waals surface area contributed by atoms with Gasteiger partial charge in [0.25, 0.3) is 0 Å². The number of fused-ring (bicyclic) bond motifs is 1. The number of nitrogens with zero attached hydrogens (tertiary/aromatic N) is 2. The maximum atomic E-state index is 5.60. The largest absolute Gasteiger partial charge is 0.496 e. The molecule has 3 rings (SSSR count). The molecule has 0 unspecified atom stereocenters. The van der Waals surface area contributed by atoms with Gasteiger partial charge in [-0.15, -0.1) is 0 Å². The van der Waals surface area contributed by atoms with Gasteiger partial charge in [0, 0.05) is 35.6 Å². The van der Waals surface area contributed by atoms with Crippen LogP contribution in [0.2, 0.25) is 0 Å². The van der Waals surface area contributed by atoms with Crippen LogP contribution in [0.4, 0.5) is 11.4 Å². The van der Waals surface area contributed by atoms with Gasteiger partial charge in [0.2, 0.25) is 0 Å². The first-order valence-electron chi connectivity index (χ1n) is 9.12. The van der Waals surface area contributed by atoms with Crippen molar-refractivity contribution in [2.24, 2.45) is 5.10 Å². The Morgan fingerprint density at radius 3 is 2.61 bits per heavy atom. The maximum Gasteiger partial charge on any atom is 0.191 e. The fourth-order valence-electron chi connectivity index (χ4n) is 3.31. The lowest BCUT2D eigenvalue weighted by molar-refractivity contribution is 0.413. The monoisotopic (exact) mass is 394 g/mol. The van der Waals surface area contributed by atoms with E-state index in [4.69, 9.17) is 17.0 Å². The van der Waals surface area contributed by atoms with Crippen molar-refractivity contribution < 1.29 is 4.74 Å². The molecule has 1 heterocycles. The molecule has 6 heteroatoms. The average Bonchev–Trinajstić information content (AvgIpc) is 2.66. The molecule has 0 saturated heterocycles. The Labute approximate surface area is 172 Å². The van der Waals surface area contributed by atoms with Gasteiger partial charge in [0.1, 0.15) is 5.75 Å². The van der Waals surface area contributed by atoms with E-state index in [-0.39, 0.29) is 5.54 Å². The van der Waals surface area contributed by atoms with Gasteiger partial charge in [-0.3, -0.25) is 5.43 Å². The Bertz CT molecular complexity index is 935. The Morgan fingerprint density at radius 2 is 1.93 bits per heavy atom. The lowest BCUT2D eigenvalue weighted by Gasteiger charge is -2.40. The standard InChI is InChI=1S/C22H26N4OS/c1-15-13-22(2,3)26(4)19-12-20(27-5)16(11-18(15)19)14-23-25-21(28)24-17-9-7-6-8-10-17/h6-14H,1-5H3,(H2,24,25,28)/b23-14+. The number of ether oxygens (including phenoxy) is 1. The van der Waals surface area contributed by atoms with Crippen LogP contribution >= 0.6 is 12.2 Å². The quantitative estimate of drug-likeness (QED) is 0.449. The number of nitrogens with one attached hydrogen (secondary N) is 2. The van der Waals surface area contributed by atoms with Crippen molar-refractivity contribution in [1.82, 2.24) is 5.43 Å². The number of hydrazone groups is 1. The number of allylic oxidation sites excluding steroid dienone is 1. The van der Waals surface area contributed by atoms with Gasteiger partial charge in [-0.1, -0.05) is 24.3 Å². The summed E-state index contributed by atoms with van der Waals surface area (Å²) < 4.78 is 5.60. The molecule has 0 aromatic heterocycles. The number of hydrogen-bond acceptors (Lipinski definition) is 4. The number of benzene rings is 2. The lowest BCUT2D eigenvalue weighted by Crippen LogP contribution is -2.42. The molecule has 0 aliphatic carbocycles. The highest BCUT2D eigenvalue weighted by molar-refractivity contribution is 7.80. The van der Waals surface area contributed by atoms with E-state index in [0.29, 0.717) is 5.11 Å². The molecule has 1 aliphatic rings. The van der Waals surface area contributed by atoms with E-state index in [0.717, 1.165) is 22.7 Å². The summed E-state index contributed by atoms with van der Waals surface area (Å²) in [5.74, 6) is 0.767. The SMILES string of the molecule is COc1cc2c(cc1/C=N/NC(=S)Nc1ccccc1)C(C)=CC(C)(C)N2C. The minimum Gasteiger partial charge on any atom is -0.496 e. The van der Waals surface area contributed by atoms with Gasteiger partial charge >= 0.3 is 0 Å². The predicted octanol–water partition coefficient (Wildman–Crippen LogP) is 4.65. The zero-order valence-corrected chi connectivity index (χ0v) is 17.7. The first kappa shape index (κ1) is 19.9. The summed E-state index contributed by atoms with van der Waals surface area (Å²) in [7, 11) is 3.77. The van der Waals surface area contributed by atoms with Gasteiger partial charge in [0.15, 0.2) is 5.11 Å². The van der Waals surface area contributed by atoms with Crippen LogP contribution in [-0.2, 0) is 0 Å². The van der Waals surface area contributed by atoms with Crippen LogP contribution in [0.25, 0.3) is 5.57 Å². The van der Waals surface area contributed by atoms with Crippen molar-refractivity contribution in [2.75, 3.05) is 24.4 Å². The molecule has 28 heavy (non-hydrogen) atoms. The van der Waals surface area contributed by atoms with Crippen molar-refractivity contribution in [1.29, 1.82) is 0 Å². The number of thiocarbonyl (C=S) groups is 1. The topological polar surface area (TPSA) is 48.9 Å². The van der Waals surface area contributed by atoms with Gasteiger partial charge in [-0.2, -0.15) is 5.10 Å². The first-order valence-corrected chi connectivity index (χ1v) is 9.53. The molecule has 0 amide bonds. The average molecular weight is 395 g/mol. The van der Waals surface area contributed by atoms with E-state index in [1.54, 1.807) is 13.3 Å². The molecule has 2 N–H and O–H groups in total. The molecule has 2 aromatic carbocycles. The molecule has 146 valence electrons. The molecular weight excluding hydrogens is 368 g/mol. The van der Waals surface area contributed by atoms with Crippen molar-refractivity contribution in [2.45, 2.75) is 26.3 Å². The van der Waals surface area contributed by atoms with Crippen LogP contribution in [0, 0.1) is 0 Å². The first-order chi connectivity index (χ1) is 13.3. The normalized spacial score (nSPS) is 15.0.